The molecule has 0 amide bonds. The van der Waals surface area contributed by atoms with E-state index in [1.165, 1.54) is 14.2 Å². The molecule has 0 spiro atoms. The van der Waals surface area contributed by atoms with Crippen LogP contribution >= 0.6 is 7.60 Å². The zero-order chi connectivity index (χ0) is 19.7. The van der Waals surface area contributed by atoms with Crippen molar-refractivity contribution in [2.75, 3.05) is 20.4 Å². The van der Waals surface area contributed by atoms with Gasteiger partial charge in [-0.05, 0) is 47.0 Å². The lowest BCUT2D eigenvalue weighted by Gasteiger charge is -2.13. The third-order valence-corrected chi connectivity index (χ3v) is 6.66. The Morgan fingerprint density at radius 2 is 1.75 bits per heavy atom. The van der Waals surface area contributed by atoms with Crippen molar-refractivity contribution in [3.05, 3.63) is 60.2 Å². The van der Waals surface area contributed by atoms with Crippen LogP contribution in [0.5, 0.6) is 5.75 Å². The monoisotopic (exact) mass is 397 g/mol. The Morgan fingerprint density at radius 1 is 1.04 bits per heavy atom. The number of aromatic hydroxyl groups is 1. The van der Waals surface area contributed by atoms with E-state index in [4.69, 9.17) is 13.5 Å². The zero-order valence-electron chi connectivity index (χ0n) is 15.6. The Hall–Kier alpha value is -2.66. The smallest absolute Gasteiger partial charge is 0.330 e. The van der Waals surface area contributed by atoms with Crippen LogP contribution < -0.4 is 0 Å². The molecule has 6 nitrogen and oxygen atoms in total. The van der Waals surface area contributed by atoms with E-state index >= 15 is 0 Å². The van der Waals surface area contributed by atoms with Gasteiger partial charge >= 0.3 is 7.60 Å². The van der Waals surface area contributed by atoms with Crippen LogP contribution in [-0.4, -0.2) is 30.5 Å². The van der Waals surface area contributed by atoms with Gasteiger partial charge < -0.3 is 18.6 Å². The number of hydrogen-bond donors (Lipinski definition) is 1. The SMILES string of the molecule is COP(=O)(CCc1ccc(O)c(-c2nc3cc4ccccc4cc3o2)c1)OC. The molecular weight excluding hydrogens is 377 g/mol. The standard InChI is InChI=1S/C21H20NO5P/c1-25-28(24,26-2)10-9-14-7-8-19(23)17(11-14)21-22-18-12-15-5-3-4-6-16(15)13-20(18)27-21/h3-8,11-13,23H,9-10H2,1-2H3. The van der Waals surface area contributed by atoms with E-state index in [1.807, 2.05) is 36.4 Å². The summed E-state index contributed by atoms with van der Waals surface area (Å²) in [7, 11) is -0.356. The summed E-state index contributed by atoms with van der Waals surface area (Å²) in [4.78, 5) is 4.55. The topological polar surface area (TPSA) is 81.8 Å². The van der Waals surface area contributed by atoms with Crippen molar-refractivity contribution in [2.45, 2.75) is 6.42 Å². The molecule has 0 saturated carbocycles. The largest absolute Gasteiger partial charge is 0.507 e. The summed E-state index contributed by atoms with van der Waals surface area (Å²) in [6.45, 7) is 0. The number of hydrogen-bond acceptors (Lipinski definition) is 6. The van der Waals surface area contributed by atoms with E-state index in [2.05, 4.69) is 4.98 Å². The number of nitrogens with zero attached hydrogens (tertiary/aromatic N) is 1. The summed E-state index contributed by atoms with van der Waals surface area (Å²) in [6, 6.07) is 17.0. The fourth-order valence-corrected chi connectivity index (χ4v) is 4.21. The average Bonchev–Trinajstić information content (AvgIpc) is 3.13. The molecule has 0 atom stereocenters. The molecular formula is C21H20NO5P. The number of aromatic nitrogens is 1. The molecule has 0 bridgehead atoms. The molecule has 0 aliphatic rings. The van der Waals surface area contributed by atoms with Crippen molar-refractivity contribution in [1.82, 2.24) is 4.98 Å². The number of phenolic OH excluding ortho intramolecular Hbond substituents is 1. The third kappa shape index (κ3) is 3.54. The summed E-state index contributed by atoms with van der Waals surface area (Å²) in [5.41, 5.74) is 2.74. The summed E-state index contributed by atoms with van der Waals surface area (Å²) < 4.78 is 28.1. The Balaban J connectivity index is 1.70. The number of aryl methyl sites for hydroxylation is 1. The third-order valence-electron chi connectivity index (χ3n) is 4.78. The van der Waals surface area contributed by atoms with Crippen LogP contribution in [-0.2, 0) is 20.0 Å². The second-order valence-corrected chi connectivity index (χ2v) is 8.89. The fourth-order valence-electron chi connectivity index (χ4n) is 3.16. The molecule has 4 rings (SSSR count). The number of oxazole rings is 1. The highest BCUT2D eigenvalue weighted by Crippen LogP contribution is 2.46. The van der Waals surface area contributed by atoms with Gasteiger partial charge in [-0.1, -0.05) is 30.3 Å². The maximum Gasteiger partial charge on any atom is 0.330 e. The molecule has 4 aromatic rings. The molecule has 1 N–H and O–H groups in total. The maximum absolute atomic E-state index is 12.3. The highest BCUT2D eigenvalue weighted by Gasteiger charge is 2.21. The number of rotatable bonds is 6. The molecule has 7 heteroatoms. The minimum atomic E-state index is -3.10. The fraction of sp³-hybridized carbons (Fsp3) is 0.190. The van der Waals surface area contributed by atoms with E-state index in [1.54, 1.807) is 18.2 Å². The lowest BCUT2D eigenvalue weighted by Crippen LogP contribution is -1.98. The van der Waals surface area contributed by atoms with Crippen LogP contribution in [0.15, 0.2) is 59.0 Å². The van der Waals surface area contributed by atoms with Crippen LogP contribution in [0.25, 0.3) is 33.3 Å². The lowest BCUT2D eigenvalue weighted by molar-refractivity contribution is 0.276. The molecule has 0 unspecified atom stereocenters. The molecule has 0 aliphatic heterocycles. The van der Waals surface area contributed by atoms with E-state index in [0.717, 1.165) is 21.9 Å². The number of fused-ring (bicyclic) bond motifs is 2. The molecule has 0 aliphatic carbocycles. The quantitative estimate of drug-likeness (QED) is 0.440. The second kappa shape index (κ2) is 7.40. The first-order valence-electron chi connectivity index (χ1n) is 8.83. The van der Waals surface area contributed by atoms with Gasteiger partial charge in [-0.25, -0.2) is 4.98 Å². The predicted molar refractivity (Wildman–Crippen MR) is 109 cm³/mol. The summed E-state index contributed by atoms with van der Waals surface area (Å²) in [6.07, 6.45) is 0.708. The van der Waals surface area contributed by atoms with Crippen LogP contribution in [0.4, 0.5) is 0 Å². The zero-order valence-corrected chi connectivity index (χ0v) is 16.5. The van der Waals surface area contributed by atoms with Gasteiger partial charge in [0.2, 0.25) is 5.89 Å². The first-order chi connectivity index (χ1) is 13.5. The summed E-state index contributed by atoms with van der Waals surface area (Å²) >= 11 is 0. The molecule has 0 radical (unpaired) electrons. The van der Waals surface area contributed by atoms with E-state index in [9.17, 15) is 9.67 Å². The van der Waals surface area contributed by atoms with Gasteiger partial charge in [0.1, 0.15) is 11.3 Å². The lowest BCUT2D eigenvalue weighted by atomic mass is 10.1. The van der Waals surface area contributed by atoms with E-state index in [0.29, 0.717) is 23.5 Å². The van der Waals surface area contributed by atoms with Gasteiger partial charge in [-0.2, -0.15) is 0 Å². The highest BCUT2D eigenvalue weighted by atomic mass is 31.2. The Bertz CT molecular complexity index is 1140. The van der Waals surface area contributed by atoms with Crippen molar-refractivity contribution in [3.63, 3.8) is 0 Å². The van der Waals surface area contributed by atoms with Crippen LogP contribution in [0.3, 0.4) is 0 Å². The van der Waals surface area contributed by atoms with Gasteiger partial charge in [0.15, 0.2) is 5.58 Å². The normalized spacial score (nSPS) is 12.1. The molecule has 28 heavy (non-hydrogen) atoms. The van der Waals surface area contributed by atoms with Crippen LogP contribution in [0, 0.1) is 0 Å². The minimum absolute atomic E-state index is 0.0709. The van der Waals surface area contributed by atoms with Gasteiger partial charge in [-0.3, -0.25) is 4.57 Å². The Morgan fingerprint density at radius 3 is 2.46 bits per heavy atom. The van der Waals surface area contributed by atoms with Gasteiger partial charge in [-0.15, -0.1) is 0 Å². The van der Waals surface area contributed by atoms with Gasteiger partial charge in [0, 0.05) is 14.2 Å². The van der Waals surface area contributed by atoms with Crippen molar-refractivity contribution in [3.8, 4) is 17.2 Å². The predicted octanol–water partition coefficient (Wildman–Crippen LogP) is 5.38. The molecule has 0 fully saturated rings. The van der Waals surface area contributed by atoms with Crippen molar-refractivity contribution in [1.29, 1.82) is 0 Å². The molecule has 1 heterocycles. The first-order valence-corrected chi connectivity index (χ1v) is 10.6. The highest BCUT2D eigenvalue weighted by molar-refractivity contribution is 7.53. The van der Waals surface area contributed by atoms with E-state index in [-0.39, 0.29) is 11.9 Å². The van der Waals surface area contributed by atoms with Crippen molar-refractivity contribution < 1.29 is 23.1 Å². The first kappa shape index (κ1) is 18.7. The molecule has 3 aromatic carbocycles. The van der Waals surface area contributed by atoms with Crippen molar-refractivity contribution >= 4 is 29.5 Å². The molecule has 0 saturated heterocycles. The second-order valence-electron chi connectivity index (χ2n) is 6.49. The van der Waals surface area contributed by atoms with Crippen LogP contribution in [0.2, 0.25) is 0 Å². The summed E-state index contributed by atoms with van der Waals surface area (Å²) in [5.74, 6) is 0.410. The maximum atomic E-state index is 12.3. The number of phenols is 1. The summed E-state index contributed by atoms with van der Waals surface area (Å²) in [5, 5.41) is 12.5. The Kier molecular flexibility index (Phi) is 4.94. The van der Waals surface area contributed by atoms with Crippen LogP contribution in [0.1, 0.15) is 5.56 Å². The molecule has 144 valence electrons. The van der Waals surface area contributed by atoms with Gasteiger partial charge in [0.25, 0.3) is 0 Å². The minimum Gasteiger partial charge on any atom is -0.507 e. The number of benzene rings is 3. The Labute approximate surface area is 162 Å². The van der Waals surface area contributed by atoms with E-state index < -0.39 is 7.60 Å². The van der Waals surface area contributed by atoms with Crippen molar-refractivity contribution in [2.24, 2.45) is 0 Å². The average molecular weight is 397 g/mol. The van der Waals surface area contributed by atoms with Gasteiger partial charge in [0.05, 0.1) is 11.7 Å². The molecule has 1 aromatic heterocycles.